The third kappa shape index (κ3) is 2.17. The second-order valence-corrected chi connectivity index (χ2v) is 3.61. The predicted octanol–water partition coefficient (Wildman–Crippen LogP) is 1.40. The Hall–Kier alpha value is -1.22. The molecule has 14 heavy (non-hydrogen) atoms. The van der Waals surface area contributed by atoms with Gasteiger partial charge in [0.15, 0.2) is 0 Å². The summed E-state index contributed by atoms with van der Waals surface area (Å²) < 4.78 is 5.82. The fraction of sp³-hybridized carbons (Fsp3) is 0.455. The number of nitrogen functional groups attached to an aromatic ring is 1. The molecule has 0 saturated carbocycles. The molecule has 1 saturated heterocycles. The number of para-hydroxylation sites is 2. The summed E-state index contributed by atoms with van der Waals surface area (Å²) in [5, 5.41) is 3.30. The second kappa shape index (κ2) is 4.33. The number of nitrogens with two attached hydrogens (primary N) is 1. The molecule has 1 aliphatic heterocycles. The molecule has 1 heterocycles. The van der Waals surface area contributed by atoms with Crippen LogP contribution in [0, 0.1) is 0 Å². The molecule has 3 heteroatoms. The fourth-order valence-corrected chi connectivity index (χ4v) is 1.68. The average molecular weight is 192 g/mol. The predicted molar refractivity (Wildman–Crippen MR) is 57.4 cm³/mol. The minimum absolute atomic E-state index is 0.320. The largest absolute Gasteiger partial charge is 0.488 e. The lowest BCUT2D eigenvalue weighted by Crippen LogP contribution is -2.34. The monoisotopic (exact) mass is 192 g/mol. The molecular weight excluding hydrogens is 176 g/mol. The molecule has 1 aliphatic rings. The Morgan fingerprint density at radius 2 is 1.93 bits per heavy atom. The van der Waals surface area contributed by atoms with E-state index in [9.17, 15) is 0 Å². The standard InChI is InChI=1S/C11H16N2O/c12-10-3-1-2-4-11(10)14-9-5-7-13-8-6-9/h1-4,9,13H,5-8,12H2. The molecular formula is C11H16N2O. The molecule has 3 nitrogen and oxygen atoms in total. The normalized spacial score (nSPS) is 18.0. The van der Waals surface area contributed by atoms with E-state index < -0.39 is 0 Å². The van der Waals surface area contributed by atoms with Crippen molar-refractivity contribution in [1.29, 1.82) is 0 Å². The maximum atomic E-state index is 5.82. The van der Waals surface area contributed by atoms with Crippen LogP contribution in [-0.2, 0) is 0 Å². The van der Waals surface area contributed by atoms with Crippen LogP contribution in [0.2, 0.25) is 0 Å². The number of nitrogens with one attached hydrogen (secondary N) is 1. The summed E-state index contributed by atoms with van der Waals surface area (Å²) in [7, 11) is 0. The van der Waals surface area contributed by atoms with E-state index in [0.29, 0.717) is 6.10 Å². The summed E-state index contributed by atoms with van der Waals surface area (Å²) in [5.74, 6) is 0.819. The number of ether oxygens (including phenoxy) is 1. The van der Waals surface area contributed by atoms with E-state index in [0.717, 1.165) is 37.4 Å². The minimum atomic E-state index is 0.320. The van der Waals surface area contributed by atoms with Gasteiger partial charge >= 0.3 is 0 Å². The molecule has 1 aromatic carbocycles. The van der Waals surface area contributed by atoms with E-state index in [2.05, 4.69) is 5.32 Å². The zero-order chi connectivity index (χ0) is 9.80. The lowest BCUT2D eigenvalue weighted by molar-refractivity contribution is 0.163. The SMILES string of the molecule is Nc1ccccc1OC1CCNCC1. The molecule has 0 atom stereocenters. The maximum Gasteiger partial charge on any atom is 0.142 e. The van der Waals surface area contributed by atoms with Crippen LogP contribution in [0.15, 0.2) is 24.3 Å². The Kier molecular flexibility index (Phi) is 2.89. The van der Waals surface area contributed by atoms with Crippen molar-refractivity contribution in [2.45, 2.75) is 18.9 Å². The first kappa shape index (κ1) is 9.34. The fourth-order valence-electron chi connectivity index (χ4n) is 1.68. The van der Waals surface area contributed by atoms with Crippen molar-refractivity contribution in [1.82, 2.24) is 5.32 Å². The van der Waals surface area contributed by atoms with Gasteiger partial charge in [-0.25, -0.2) is 0 Å². The first-order chi connectivity index (χ1) is 6.86. The van der Waals surface area contributed by atoms with E-state index in [1.807, 2.05) is 24.3 Å². The molecule has 3 N–H and O–H groups in total. The van der Waals surface area contributed by atoms with Gasteiger partial charge in [-0.05, 0) is 38.1 Å². The smallest absolute Gasteiger partial charge is 0.142 e. The Morgan fingerprint density at radius 1 is 1.21 bits per heavy atom. The Bertz CT molecular complexity index is 295. The van der Waals surface area contributed by atoms with Gasteiger partial charge in [0.25, 0.3) is 0 Å². The number of anilines is 1. The zero-order valence-corrected chi connectivity index (χ0v) is 8.20. The lowest BCUT2D eigenvalue weighted by Gasteiger charge is -2.24. The summed E-state index contributed by atoms with van der Waals surface area (Å²) >= 11 is 0. The van der Waals surface area contributed by atoms with Crippen LogP contribution in [0.3, 0.4) is 0 Å². The highest BCUT2D eigenvalue weighted by Crippen LogP contribution is 2.23. The van der Waals surface area contributed by atoms with Gasteiger partial charge in [0.05, 0.1) is 5.69 Å². The molecule has 0 amide bonds. The van der Waals surface area contributed by atoms with E-state index in [-0.39, 0.29) is 0 Å². The molecule has 1 aromatic rings. The van der Waals surface area contributed by atoms with Crippen LogP contribution < -0.4 is 15.8 Å². The number of benzene rings is 1. The number of hydrogen-bond donors (Lipinski definition) is 2. The van der Waals surface area contributed by atoms with Crippen molar-refractivity contribution >= 4 is 5.69 Å². The van der Waals surface area contributed by atoms with Crippen LogP contribution in [0.4, 0.5) is 5.69 Å². The molecule has 2 rings (SSSR count). The molecule has 0 unspecified atom stereocenters. The van der Waals surface area contributed by atoms with Crippen molar-refractivity contribution < 1.29 is 4.74 Å². The van der Waals surface area contributed by atoms with Crippen LogP contribution >= 0.6 is 0 Å². The molecule has 0 radical (unpaired) electrons. The van der Waals surface area contributed by atoms with Crippen molar-refractivity contribution in [2.24, 2.45) is 0 Å². The zero-order valence-electron chi connectivity index (χ0n) is 8.20. The lowest BCUT2D eigenvalue weighted by atomic mass is 10.1. The van der Waals surface area contributed by atoms with Gasteiger partial charge in [-0.3, -0.25) is 0 Å². The average Bonchev–Trinajstić information content (AvgIpc) is 2.23. The Labute approximate surface area is 84.3 Å². The molecule has 0 spiro atoms. The van der Waals surface area contributed by atoms with Gasteiger partial charge in [0.1, 0.15) is 11.9 Å². The highest BCUT2D eigenvalue weighted by molar-refractivity contribution is 5.51. The van der Waals surface area contributed by atoms with Crippen LogP contribution in [0.1, 0.15) is 12.8 Å². The highest BCUT2D eigenvalue weighted by atomic mass is 16.5. The van der Waals surface area contributed by atoms with E-state index in [1.165, 1.54) is 0 Å². The molecule has 0 aromatic heterocycles. The summed E-state index contributed by atoms with van der Waals surface area (Å²) in [6, 6.07) is 7.67. The molecule has 0 bridgehead atoms. The number of piperidine rings is 1. The van der Waals surface area contributed by atoms with E-state index >= 15 is 0 Å². The van der Waals surface area contributed by atoms with Gasteiger partial charge in [-0.2, -0.15) is 0 Å². The second-order valence-electron chi connectivity index (χ2n) is 3.61. The van der Waals surface area contributed by atoms with E-state index in [4.69, 9.17) is 10.5 Å². The topological polar surface area (TPSA) is 47.3 Å². The quantitative estimate of drug-likeness (QED) is 0.696. The molecule has 0 aliphatic carbocycles. The molecule has 76 valence electrons. The summed E-state index contributed by atoms with van der Waals surface area (Å²) in [6.07, 6.45) is 2.45. The first-order valence-corrected chi connectivity index (χ1v) is 5.08. The Balaban J connectivity index is 1.99. The van der Waals surface area contributed by atoms with Gasteiger partial charge in [-0.15, -0.1) is 0 Å². The third-order valence-corrected chi connectivity index (χ3v) is 2.50. The number of rotatable bonds is 2. The summed E-state index contributed by atoms with van der Waals surface area (Å²) in [5.41, 5.74) is 6.52. The third-order valence-electron chi connectivity index (χ3n) is 2.50. The van der Waals surface area contributed by atoms with Crippen LogP contribution in [-0.4, -0.2) is 19.2 Å². The van der Waals surface area contributed by atoms with Gasteiger partial charge < -0.3 is 15.8 Å². The van der Waals surface area contributed by atoms with Crippen molar-refractivity contribution in [3.05, 3.63) is 24.3 Å². The van der Waals surface area contributed by atoms with Gasteiger partial charge in [0.2, 0.25) is 0 Å². The maximum absolute atomic E-state index is 5.82. The van der Waals surface area contributed by atoms with Crippen molar-refractivity contribution in [3.63, 3.8) is 0 Å². The first-order valence-electron chi connectivity index (χ1n) is 5.08. The van der Waals surface area contributed by atoms with Crippen LogP contribution in [0.25, 0.3) is 0 Å². The summed E-state index contributed by atoms with van der Waals surface area (Å²) in [6.45, 7) is 2.08. The summed E-state index contributed by atoms with van der Waals surface area (Å²) in [4.78, 5) is 0. The van der Waals surface area contributed by atoms with E-state index in [1.54, 1.807) is 0 Å². The highest BCUT2D eigenvalue weighted by Gasteiger charge is 2.14. The van der Waals surface area contributed by atoms with Gasteiger partial charge in [0, 0.05) is 0 Å². The van der Waals surface area contributed by atoms with Gasteiger partial charge in [-0.1, -0.05) is 12.1 Å². The Morgan fingerprint density at radius 3 is 2.64 bits per heavy atom. The molecule has 1 fully saturated rings. The van der Waals surface area contributed by atoms with Crippen molar-refractivity contribution in [2.75, 3.05) is 18.8 Å². The number of hydrogen-bond acceptors (Lipinski definition) is 3. The minimum Gasteiger partial charge on any atom is -0.488 e. The van der Waals surface area contributed by atoms with Crippen LogP contribution in [0.5, 0.6) is 5.75 Å². The van der Waals surface area contributed by atoms with Crippen molar-refractivity contribution in [3.8, 4) is 5.75 Å².